The lowest BCUT2D eigenvalue weighted by atomic mass is 9.81. The third-order valence-electron chi connectivity index (χ3n) is 4.72. The molecule has 2 heterocycles. The zero-order valence-corrected chi connectivity index (χ0v) is 13.0. The van der Waals surface area contributed by atoms with E-state index < -0.39 is 0 Å². The van der Waals surface area contributed by atoms with E-state index in [1.54, 1.807) is 4.90 Å². The third-order valence-corrected chi connectivity index (χ3v) is 4.72. The van der Waals surface area contributed by atoms with Gasteiger partial charge in [-0.2, -0.15) is 0 Å². The van der Waals surface area contributed by atoms with Gasteiger partial charge in [-0.05, 0) is 48.9 Å². The van der Waals surface area contributed by atoms with Crippen LogP contribution in [0, 0.1) is 11.8 Å². The second-order valence-electron chi connectivity index (χ2n) is 6.24. The molecule has 1 aromatic rings. The molecule has 1 aromatic carbocycles. The maximum atomic E-state index is 12.1. The molecule has 124 valence electrons. The molecule has 0 radical (unpaired) electrons. The summed E-state index contributed by atoms with van der Waals surface area (Å²) in [4.78, 5) is 25.8. The second-order valence-corrected chi connectivity index (χ2v) is 6.24. The molecule has 2 amide bonds. The van der Waals surface area contributed by atoms with E-state index in [9.17, 15) is 14.7 Å². The number of amides is 2. The molecule has 0 spiro atoms. The van der Waals surface area contributed by atoms with Crippen LogP contribution in [-0.2, 0) is 9.53 Å². The number of aromatic hydroxyl groups is 1. The van der Waals surface area contributed by atoms with Crippen molar-refractivity contribution >= 4 is 11.8 Å². The average molecular weight is 318 g/mol. The number of ether oxygens (including phenoxy) is 1. The van der Waals surface area contributed by atoms with E-state index in [4.69, 9.17) is 4.74 Å². The number of nitrogens with zero attached hydrogens (tertiary/aromatic N) is 1. The Balaban J connectivity index is 1.40. The van der Waals surface area contributed by atoms with Crippen LogP contribution in [0.1, 0.15) is 23.2 Å². The van der Waals surface area contributed by atoms with Gasteiger partial charge in [-0.25, -0.2) is 0 Å². The van der Waals surface area contributed by atoms with Crippen LogP contribution < -0.4 is 5.32 Å². The topological polar surface area (TPSA) is 78.9 Å². The molecule has 6 heteroatoms. The Hall–Kier alpha value is -2.08. The summed E-state index contributed by atoms with van der Waals surface area (Å²) in [7, 11) is 0. The Morgan fingerprint density at radius 1 is 1.13 bits per heavy atom. The standard InChI is InChI=1S/C17H22N2O4/c20-15-3-1-13(2-4-15)17(22)18-9-16(21)19-10-14(11-19)12-5-7-23-8-6-12/h1-4,12,14,20H,5-11H2,(H,18,22). The van der Waals surface area contributed by atoms with Crippen LogP contribution in [0.25, 0.3) is 0 Å². The van der Waals surface area contributed by atoms with Crippen molar-refractivity contribution in [2.75, 3.05) is 32.8 Å². The Morgan fingerprint density at radius 3 is 2.43 bits per heavy atom. The average Bonchev–Trinajstić information content (AvgIpc) is 2.53. The zero-order chi connectivity index (χ0) is 16.2. The molecule has 0 saturated carbocycles. The van der Waals surface area contributed by atoms with Gasteiger partial charge < -0.3 is 20.1 Å². The number of nitrogens with one attached hydrogen (secondary N) is 1. The molecule has 3 rings (SSSR count). The fraction of sp³-hybridized carbons (Fsp3) is 0.529. The highest BCUT2D eigenvalue weighted by atomic mass is 16.5. The van der Waals surface area contributed by atoms with Crippen LogP contribution >= 0.6 is 0 Å². The molecule has 6 nitrogen and oxygen atoms in total. The molecule has 2 aliphatic rings. The summed E-state index contributed by atoms with van der Waals surface area (Å²) in [6, 6.07) is 5.95. The van der Waals surface area contributed by atoms with Crippen molar-refractivity contribution in [3.05, 3.63) is 29.8 Å². The van der Waals surface area contributed by atoms with Crippen molar-refractivity contribution < 1.29 is 19.4 Å². The molecule has 0 atom stereocenters. The molecule has 0 bridgehead atoms. The summed E-state index contributed by atoms with van der Waals surface area (Å²) in [5, 5.41) is 11.8. The summed E-state index contributed by atoms with van der Waals surface area (Å²) < 4.78 is 5.36. The highest BCUT2D eigenvalue weighted by Crippen LogP contribution is 2.30. The number of rotatable bonds is 4. The Labute approximate surface area is 135 Å². The number of phenols is 1. The van der Waals surface area contributed by atoms with Crippen LogP contribution in [-0.4, -0.2) is 54.7 Å². The summed E-state index contributed by atoms with van der Waals surface area (Å²) in [6.45, 7) is 3.26. The van der Waals surface area contributed by atoms with E-state index in [0.717, 1.165) is 39.1 Å². The van der Waals surface area contributed by atoms with Gasteiger partial charge in [-0.1, -0.05) is 0 Å². The SMILES string of the molecule is O=C(NCC(=O)N1CC(C2CCOCC2)C1)c1ccc(O)cc1. The fourth-order valence-corrected chi connectivity index (χ4v) is 3.18. The van der Waals surface area contributed by atoms with Gasteiger partial charge in [0.15, 0.2) is 0 Å². The van der Waals surface area contributed by atoms with E-state index >= 15 is 0 Å². The normalized spacial score (nSPS) is 19.2. The number of hydrogen-bond donors (Lipinski definition) is 2. The largest absolute Gasteiger partial charge is 0.508 e. The monoisotopic (exact) mass is 318 g/mol. The van der Waals surface area contributed by atoms with Crippen LogP contribution in [0.2, 0.25) is 0 Å². The first-order valence-electron chi connectivity index (χ1n) is 8.06. The molecule has 0 aromatic heterocycles. The van der Waals surface area contributed by atoms with Gasteiger partial charge in [0.1, 0.15) is 5.75 Å². The molecule has 2 aliphatic heterocycles. The van der Waals surface area contributed by atoms with E-state index in [-0.39, 0.29) is 24.1 Å². The summed E-state index contributed by atoms with van der Waals surface area (Å²) in [6.07, 6.45) is 2.18. The molecular weight excluding hydrogens is 296 g/mol. The van der Waals surface area contributed by atoms with Crippen molar-refractivity contribution in [2.24, 2.45) is 11.8 Å². The number of carbonyl (C=O) groups excluding carboxylic acids is 2. The quantitative estimate of drug-likeness (QED) is 0.868. The molecule has 2 saturated heterocycles. The van der Waals surface area contributed by atoms with Gasteiger partial charge in [0.25, 0.3) is 5.91 Å². The molecule has 2 N–H and O–H groups in total. The number of hydrogen-bond acceptors (Lipinski definition) is 4. The number of carbonyl (C=O) groups is 2. The summed E-state index contributed by atoms with van der Waals surface area (Å²) >= 11 is 0. The third kappa shape index (κ3) is 3.82. The van der Waals surface area contributed by atoms with Crippen LogP contribution in [0.3, 0.4) is 0 Å². The fourth-order valence-electron chi connectivity index (χ4n) is 3.18. The zero-order valence-electron chi connectivity index (χ0n) is 13.0. The minimum absolute atomic E-state index is 0.0141. The van der Waals surface area contributed by atoms with E-state index in [2.05, 4.69) is 5.32 Å². The maximum absolute atomic E-state index is 12.1. The smallest absolute Gasteiger partial charge is 0.251 e. The van der Waals surface area contributed by atoms with Crippen LogP contribution in [0.4, 0.5) is 0 Å². The number of benzene rings is 1. The Kier molecular flexibility index (Phi) is 4.81. The molecule has 2 fully saturated rings. The van der Waals surface area contributed by atoms with E-state index in [1.807, 2.05) is 0 Å². The van der Waals surface area contributed by atoms with Crippen LogP contribution in [0.15, 0.2) is 24.3 Å². The van der Waals surface area contributed by atoms with Crippen LogP contribution in [0.5, 0.6) is 5.75 Å². The highest BCUT2D eigenvalue weighted by molar-refractivity contribution is 5.96. The first-order chi connectivity index (χ1) is 11.1. The van der Waals surface area contributed by atoms with Crippen molar-refractivity contribution in [1.82, 2.24) is 10.2 Å². The molecular formula is C17H22N2O4. The maximum Gasteiger partial charge on any atom is 0.251 e. The van der Waals surface area contributed by atoms with Gasteiger partial charge in [-0.3, -0.25) is 9.59 Å². The van der Waals surface area contributed by atoms with Crippen molar-refractivity contribution in [3.63, 3.8) is 0 Å². The molecule has 0 unspecified atom stereocenters. The lowest BCUT2D eigenvalue weighted by Crippen LogP contribution is -2.55. The first-order valence-corrected chi connectivity index (χ1v) is 8.06. The number of likely N-dealkylation sites (tertiary alicyclic amines) is 1. The van der Waals surface area contributed by atoms with Gasteiger partial charge >= 0.3 is 0 Å². The van der Waals surface area contributed by atoms with E-state index in [0.29, 0.717) is 17.4 Å². The van der Waals surface area contributed by atoms with Gasteiger partial charge in [0.2, 0.25) is 5.91 Å². The van der Waals surface area contributed by atoms with Gasteiger partial charge in [0, 0.05) is 31.9 Å². The summed E-state index contributed by atoms with van der Waals surface area (Å²) in [5.41, 5.74) is 0.430. The molecule has 23 heavy (non-hydrogen) atoms. The van der Waals surface area contributed by atoms with Crippen molar-refractivity contribution in [2.45, 2.75) is 12.8 Å². The minimum atomic E-state index is -0.306. The summed E-state index contributed by atoms with van der Waals surface area (Å²) in [5.74, 6) is 1.01. The van der Waals surface area contributed by atoms with Crippen molar-refractivity contribution in [3.8, 4) is 5.75 Å². The predicted octanol–water partition coefficient (Wildman–Crippen LogP) is 1.01. The molecule has 0 aliphatic carbocycles. The lowest BCUT2D eigenvalue weighted by Gasteiger charge is -2.44. The predicted molar refractivity (Wildman–Crippen MR) is 84.1 cm³/mol. The Morgan fingerprint density at radius 2 is 1.78 bits per heavy atom. The van der Waals surface area contributed by atoms with Gasteiger partial charge in [-0.15, -0.1) is 0 Å². The van der Waals surface area contributed by atoms with E-state index in [1.165, 1.54) is 24.3 Å². The minimum Gasteiger partial charge on any atom is -0.508 e. The Bertz CT molecular complexity index is 560. The number of phenolic OH excluding ortho intramolecular Hbond substituents is 1. The first kappa shape index (κ1) is 15.8. The van der Waals surface area contributed by atoms with Gasteiger partial charge in [0.05, 0.1) is 6.54 Å². The second kappa shape index (κ2) is 7.00. The lowest BCUT2D eigenvalue weighted by molar-refractivity contribution is -0.138. The highest BCUT2D eigenvalue weighted by Gasteiger charge is 2.36. The van der Waals surface area contributed by atoms with Crippen molar-refractivity contribution in [1.29, 1.82) is 0 Å².